The molecule has 0 fully saturated rings. The Hall–Kier alpha value is -1.58. The van der Waals surface area contributed by atoms with Crippen LogP contribution in [0, 0.1) is 0 Å². The number of pyridine rings is 1. The Morgan fingerprint density at radius 2 is 2.44 bits per heavy atom. The summed E-state index contributed by atoms with van der Waals surface area (Å²) >= 11 is 0. The predicted octanol–water partition coefficient (Wildman–Crippen LogP) is 1.85. The summed E-state index contributed by atoms with van der Waals surface area (Å²) in [5, 5.41) is 11.9. The highest BCUT2D eigenvalue weighted by molar-refractivity contribution is 5.67. The predicted molar refractivity (Wildman–Crippen MR) is 61.6 cm³/mol. The number of aromatic nitrogens is 1. The fourth-order valence-electron chi connectivity index (χ4n) is 1.91. The molecule has 16 heavy (non-hydrogen) atoms. The number of nitrogens with zero attached hydrogens (tertiary/aromatic N) is 1. The molecule has 1 aliphatic rings. The van der Waals surface area contributed by atoms with Crippen molar-refractivity contribution in [2.24, 2.45) is 0 Å². The summed E-state index contributed by atoms with van der Waals surface area (Å²) in [5.41, 5.74) is 2.08. The monoisotopic (exact) mass is 220 g/mol. The Morgan fingerprint density at radius 1 is 1.62 bits per heavy atom. The second-order valence-corrected chi connectivity index (χ2v) is 4.29. The smallest absolute Gasteiger partial charge is 0.303 e. The molecule has 2 heterocycles. The van der Waals surface area contributed by atoms with E-state index in [9.17, 15) is 4.79 Å². The van der Waals surface area contributed by atoms with Gasteiger partial charge in [0.15, 0.2) is 0 Å². The van der Waals surface area contributed by atoms with Crippen molar-refractivity contribution in [3.8, 4) is 0 Å². The molecule has 2 rings (SSSR count). The molecule has 0 spiro atoms. The highest BCUT2D eigenvalue weighted by atomic mass is 16.4. The lowest BCUT2D eigenvalue weighted by Gasteiger charge is -2.23. The average molecular weight is 220 g/mol. The highest BCUT2D eigenvalue weighted by Gasteiger charge is 2.15. The zero-order valence-electron chi connectivity index (χ0n) is 9.36. The van der Waals surface area contributed by atoms with Crippen molar-refractivity contribution < 1.29 is 9.90 Å². The molecule has 4 nitrogen and oxygen atoms in total. The molecule has 0 unspecified atom stereocenters. The van der Waals surface area contributed by atoms with Crippen molar-refractivity contribution in [1.29, 1.82) is 0 Å². The maximum absolute atomic E-state index is 10.5. The lowest BCUT2D eigenvalue weighted by atomic mass is 10.0. The number of rotatable bonds is 3. The van der Waals surface area contributed by atoms with Gasteiger partial charge in [0.1, 0.15) is 5.82 Å². The number of carboxylic acid groups (broad SMARTS) is 1. The molecule has 0 aromatic carbocycles. The number of anilines is 1. The molecule has 1 atom stereocenters. The second-order valence-electron chi connectivity index (χ2n) is 4.29. The number of fused-ring (bicyclic) bond motifs is 1. The van der Waals surface area contributed by atoms with Gasteiger partial charge in [-0.05, 0) is 31.4 Å². The number of hydrogen-bond acceptors (Lipinski definition) is 3. The number of hydrogen-bond donors (Lipinski definition) is 2. The third-order valence-electron chi connectivity index (χ3n) is 2.86. The van der Waals surface area contributed by atoms with Crippen LogP contribution in [0.25, 0.3) is 0 Å². The maximum atomic E-state index is 10.5. The standard InChI is InChI=1S/C12H16N2O2/c1-8-2-3-9-4-5-10(6-7-11(15)16)14-12(9)13-8/h4-5,8H,2-3,6-7H2,1H3,(H,13,14)(H,15,16)/t8-/m1/s1. The molecule has 1 aromatic heterocycles. The molecular weight excluding hydrogens is 204 g/mol. The molecule has 0 saturated carbocycles. The third-order valence-corrected chi connectivity index (χ3v) is 2.86. The van der Waals surface area contributed by atoms with Crippen molar-refractivity contribution in [3.63, 3.8) is 0 Å². The van der Waals surface area contributed by atoms with Gasteiger partial charge >= 0.3 is 5.97 Å². The Bertz CT molecular complexity index is 404. The maximum Gasteiger partial charge on any atom is 0.303 e. The van der Waals surface area contributed by atoms with Gasteiger partial charge in [-0.3, -0.25) is 4.79 Å². The first-order chi connectivity index (χ1) is 7.65. The van der Waals surface area contributed by atoms with Crippen LogP contribution in [-0.4, -0.2) is 22.1 Å². The Kier molecular flexibility index (Phi) is 3.08. The van der Waals surface area contributed by atoms with Crippen LogP contribution >= 0.6 is 0 Å². The number of carbonyl (C=O) groups is 1. The lowest BCUT2D eigenvalue weighted by molar-refractivity contribution is -0.136. The Labute approximate surface area is 94.7 Å². The van der Waals surface area contributed by atoms with Gasteiger partial charge in [0.2, 0.25) is 0 Å². The van der Waals surface area contributed by atoms with E-state index in [1.54, 1.807) is 0 Å². The van der Waals surface area contributed by atoms with Gasteiger partial charge in [-0.2, -0.15) is 0 Å². The quantitative estimate of drug-likeness (QED) is 0.816. The van der Waals surface area contributed by atoms with Crippen molar-refractivity contribution in [1.82, 2.24) is 4.98 Å². The van der Waals surface area contributed by atoms with Crippen LogP contribution in [-0.2, 0) is 17.6 Å². The zero-order chi connectivity index (χ0) is 11.5. The SMILES string of the molecule is C[C@@H]1CCc2ccc(CCC(=O)O)nc2N1. The van der Waals surface area contributed by atoms with Crippen LogP contribution in [0.15, 0.2) is 12.1 Å². The number of aliphatic carboxylic acids is 1. The third kappa shape index (κ3) is 2.51. The fraction of sp³-hybridized carbons (Fsp3) is 0.500. The average Bonchev–Trinajstić information content (AvgIpc) is 2.25. The van der Waals surface area contributed by atoms with E-state index in [1.807, 2.05) is 6.07 Å². The molecule has 4 heteroatoms. The summed E-state index contributed by atoms with van der Waals surface area (Å²) in [6.07, 6.45) is 2.82. The van der Waals surface area contributed by atoms with Gasteiger partial charge in [-0.1, -0.05) is 6.07 Å². The largest absolute Gasteiger partial charge is 0.481 e. The van der Waals surface area contributed by atoms with Crippen molar-refractivity contribution in [2.75, 3.05) is 5.32 Å². The summed E-state index contributed by atoms with van der Waals surface area (Å²) in [4.78, 5) is 14.9. The first kappa shape index (κ1) is 10.9. The molecule has 0 radical (unpaired) electrons. The molecule has 1 aromatic rings. The molecule has 0 saturated heterocycles. The first-order valence-corrected chi connectivity index (χ1v) is 5.62. The zero-order valence-corrected chi connectivity index (χ0v) is 9.36. The number of aryl methyl sites for hydroxylation is 2. The van der Waals surface area contributed by atoms with Crippen LogP contribution in [0.1, 0.15) is 31.0 Å². The Balaban J connectivity index is 2.11. The number of nitrogens with one attached hydrogen (secondary N) is 1. The van der Waals surface area contributed by atoms with Gasteiger partial charge in [-0.25, -0.2) is 4.98 Å². The van der Waals surface area contributed by atoms with Gasteiger partial charge in [0.05, 0.1) is 6.42 Å². The van der Waals surface area contributed by atoms with Crippen LogP contribution in [0.4, 0.5) is 5.82 Å². The normalized spacial score (nSPS) is 18.7. The minimum absolute atomic E-state index is 0.140. The summed E-state index contributed by atoms with van der Waals surface area (Å²) in [6, 6.07) is 4.44. The number of carboxylic acids is 1. The van der Waals surface area contributed by atoms with Crippen molar-refractivity contribution >= 4 is 11.8 Å². The topological polar surface area (TPSA) is 62.2 Å². The van der Waals surface area contributed by atoms with Crippen LogP contribution < -0.4 is 5.32 Å². The summed E-state index contributed by atoms with van der Waals surface area (Å²) in [7, 11) is 0. The van der Waals surface area contributed by atoms with E-state index in [0.717, 1.165) is 24.4 Å². The van der Waals surface area contributed by atoms with Gasteiger partial charge < -0.3 is 10.4 Å². The summed E-state index contributed by atoms with van der Waals surface area (Å²) < 4.78 is 0. The van der Waals surface area contributed by atoms with E-state index in [2.05, 4.69) is 23.3 Å². The molecule has 1 aliphatic heterocycles. The van der Waals surface area contributed by atoms with Crippen molar-refractivity contribution in [2.45, 2.75) is 38.6 Å². The van der Waals surface area contributed by atoms with Gasteiger partial charge in [0, 0.05) is 18.2 Å². The van der Waals surface area contributed by atoms with E-state index in [4.69, 9.17) is 5.11 Å². The highest BCUT2D eigenvalue weighted by Crippen LogP contribution is 2.23. The molecule has 0 bridgehead atoms. The van der Waals surface area contributed by atoms with E-state index < -0.39 is 5.97 Å². The van der Waals surface area contributed by atoms with Gasteiger partial charge in [0.25, 0.3) is 0 Å². The van der Waals surface area contributed by atoms with E-state index >= 15 is 0 Å². The molecule has 2 N–H and O–H groups in total. The fourth-order valence-corrected chi connectivity index (χ4v) is 1.91. The van der Waals surface area contributed by atoms with Crippen LogP contribution in [0.2, 0.25) is 0 Å². The lowest BCUT2D eigenvalue weighted by Crippen LogP contribution is -2.23. The van der Waals surface area contributed by atoms with Gasteiger partial charge in [-0.15, -0.1) is 0 Å². The second kappa shape index (κ2) is 4.51. The van der Waals surface area contributed by atoms with E-state index in [1.165, 1.54) is 5.56 Å². The molecule has 0 amide bonds. The summed E-state index contributed by atoms with van der Waals surface area (Å²) in [6.45, 7) is 2.13. The Morgan fingerprint density at radius 3 is 3.19 bits per heavy atom. The minimum Gasteiger partial charge on any atom is -0.481 e. The minimum atomic E-state index is -0.777. The molecule has 0 aliphatic carbocycles. The van der Waals surface area contributed by atoms with Crippen LogP contribution in [0.3, 0.4) is 0 Å². The molecular formula is C12H16N2O2. The first-order valence-electron chi connectivity index (χ1n) is 5.62. The van der Waals surface area contributed by atoms with Crippen LogP contribution in [0.5, 0.6) is 0 Å². The van der Waals surface area contributed by atoms with E-state index in [0.29, 0.717) is 12.5 Å². The van der Waals surface area contributed by atoms with E-state index in [-0.39, 0.29) is 6.42 Å². The molecule has 86 valence electrons. The van der Waals surface area contributed by atoms with Crippen molar-refractivity contribution in [3.05, 3.63) is 23.4 Å². The summed E-state index contributed by atoms with van der Waals surface area (Å²) in [5.74, 6) is 0.155.